The van der Waals surface area contributed by atoms with Crippen LogP contribution >= 0.6 is 0 Å². The van der Waals surface area contributed by atoms with Gasteiger partial charge in [0, 0.05) is 6.61 Å². The Morgan fingerprint density at radius 2 is 1.69 bits per heavy atom. The summed E-state index contributed by atoms with van der Waals surface area (Å²) < 4.78 is 26.1. The van der Waals surface area contributed by atoms with E-state index in [0.717, 1.165) is 12.8 Å². The van der Waals surface area contributed by atoms with Gasteiger partial charge in [0.1, 0.15) is 11.4 Å². The number of hydrogen-bond donors (Lipinski definition) is 0. The molecule has 1 aromatic carbocycles. The lowest BCUT2D eigenvalue weighted by Gasteiger charge is -2.36. The first kappa shape index (κ1) is 22.8. The Morgan fingerprint density at radius 1 is 1.08 bits per heavy atom. The van der Waals surface area contributed by atoms with Gasteiger partial charge in [0.2, 0.25) is 0 Å². The van der Waals surface area contributed by atoms with Crippen LogP contribution in [0.5, 0.6) is 0 Å². The third kappa shape index (κ3) is 6.84. The summed E-state index contributed by atoms with van der Waals surface area (Å²) in [6, 6.07) is 4.93. The first-order valence-corrected chi connectivity index (χ1v) is 12.3. The zero-order valence-electron chi connectivity index (χ0n) is 17.7. The average molecular weight is 383 g/mol. The van der Waals surface area contributed by atoms with Gasteiger partial charge in [-0.15, -0.1) is 0 Å². The van der Waals surface area contributed by atoms with Crippen molar-refractivity contribution in [1.82, 2.24) is 0 Å². The van der Waals surface area contributed by atoms with Gasteiger partial charge in [0.05, 0.1) is 5.56 Å². The van der Waals surface area contributed by atoms with Crippen LogP contribution < -0.4 is 0 Å². The molecular formula is C21H35FO3Si. The number of benzene rings is 1. The van der Waals surface area contributed by atoms with Crippen molar-refractivity contribution in [3.8, 4) is 0 Å². The number of carbonyl (C=O) groups excluding carboxylic acids is 1. The van der Waals surface area contributed by atoms with Gasteiger partial charge in [-0.2, -0.15) is 0 Å². The normalized spacial score (nSPS) is 13.0. The highest BCUT2D eigenvalue weighted by atomic mass is 28.4. The molecule has 0 aliphatic carbocycles. The molecule has 26 heavy (non-hydrogen) atoms. The van der Waals surface area contributed by atoms with Crippen LogP contribution in [0.3, 0.4) is 0 Å². The number of rotatable bonds is 7. The van der Waals surface area contributed by atoms with Crippen molar-refractivity contribution < 1.29 is 18.3 Å². The Kier molecular flexibility index (Phi) is 7.60. The van der Waals surface area contributed by atoms with Crippen LogP contribution in [0.2, 0.25) is 18.1 Å². The molecule has 1 aromatic rings. The van der Waals surface area contributed by atoms with Crippen molar-refractivity contribution >= 4 is 14.3 Å². The number of hydrogen-bond acceptors (Lipinski definition) is 3. The summed E-state index contributed by atoms with van der Waals surface area (Å²) >= 11 is 0. The van der Waals surface area contributed by atoms with Crippen LogP contribution in [-0.2, 0) is 15.6 Å². The molecule has 0 unspecified atom stereocenters. The van der Waals surface area contributed by atoms with E-state index < -0.39 is 25.7 Å². The van der Waals surface area contributed by atoms with Gasteiger partial charge in [-0.1, -0.05) is 32.9 Å². The monoisotopic (exact) mass is 382 g/mol. The molecule has 0 atom stereocenters. The van der Waals surface area contributed by atoms with E-state index in [1.165, 1.54) is 6.07 Å². The van der Waals surface area contributed by atoms with Crippen molar-refractivity contribution in [3.63, 3.8) is 0 Å². The molecule has 0 N–H and O–H groups in total. The minimum atomic E-state index is -1.73. The number of halogens is 1. The summed E-state index contributed by atoms with van der Waals surface area (Å²) in [6.45, 7) is 17.1. The van der Waals surface area contributed by atoms with E-state index in [0.29, 0.717) is 18.6 Å². The predicted octanol–water partition coefficient (Wildman–Crippen LogP) is 6.13. The summed E-state index contributed by atoms with van der Waals surface area (Å²) in [4.78, 5) is 12.1. The van der Waals surface area contributed by atoms with Gasteiger partial charge in [-0.25, -0.2) is 9.18 Å². The molecular weight excluding hydrogens is 347 g/mol. The smallest absolute Gasteiger partial charge is 0.341 e. The van der Waals surface area contributed by atoms with Crippen molar-refractivity contribution in [3.05, 3.63) is 35.1 Å². The molecule has 0 fully saturated rings. The van der Waals surface area contributed by atoms with E-state index in [4.69, 9.17) is 9.16 Å². The first-order chi connectivity index (χ1) is 11.7. The Labute approximate surface area is 159 Å². The molecule has 0 amide bonds. The molecule has 0 spiro atoms. The zero-order valence-corrected chi connectivity index (χ0v) is 18.7. The lowest BCUT2D eigenvalue weighted by molar-refractivity contribution is 0.00644. The Morgan fingerprint density at radius 3 is 2.23 bits per heavy atom. The van der Waals surface area contributed by atoms with Gasteiger partial charge in [0.15, 0.2) is 8.32 Å². The highest BCUT2D eigenvalue weighted by molar-refractivity contribution is 6.74. The summed E-state index contributed by atoms with van der Waals surface area (Å²) in [6.07, 6.45) is 2.29. The second-order valence-electron chi connectivity index (χ2n) is 9.35. The lowest BCUT2D eigenvalue weighted by atomic mass is 10.0. The molecule has 0 aliphatic heterocycles. The van der Waals surface area contributed by atoms with E-state index in [9.17, 15) is 9.18 Å². The number of esters is 1. The highest BCUT2D eigenvalue weighted by Crippen LogP contribution is 2.36. The maximum atomic E-state index is 14.6. The van der Waals surface area contributed by atoms with Crippen LogP contribution in [0.25, 0.3) is 0 Å². The fourth-order valence-electron chi connectivity index (χ4n) is 2.22. The quantitative estimate of drug-likeness (QED) is 0.323. The Balaban J connectivity index is 2.59. The lowest BCUT2D eigenvalue weighted by Crippen LogP contribution is -2.40. The molecule has 0 radical (unpaired) electrons. The highest BCUT2D eigenvalue weighted by Gasteiger charge is 2.36. The first-order valence-electron chi connectivity index (χ1n) is 9.39. The summed E-state index contributed by atoms with van der Waals surface area (Å²) in [7, 11) is -1.73. The van der Waals surface area contributed by atoms with Crippen LogP contribution in [0.15, 0.2) is 18.2 Å². The van der Waals surface area contributed by atoms with E-state index >= 15 is 0 Å². The minimum Gasteiger partial charge on any atom is -0.456 e. The Hall–Kier alpha value is -1.20. The summed E-state index contributed by atoms with van der Waals surface area (Å²) in [5.41, 5.74) is -0.0729. The van der Waals surface area contributed by atoms with E-state index in [1.54, 1.807) is 32.9 Å². The molecule has 148 valence electrons. The molecule has 0 aliphatic rings. The Bertz CT molecular complexity index is 613. The van der Waals surface area contributed by atoms with Gasteiger partial charge in [-0.3, -0.25) is 0 Å². The maximum absolute atomic E-state index is 14.6. The van der Waals surface area contributed by atoms with Crippen LogP contribution in [0.1, 0.15) is 70.3 Å². The van der Waals surface area contributed by atoms with Crippen molar-refractivity contribution in [2.75, 3.05) is 6.61 Å². The summed E-state index contributed by atoms with van der Waals surface area (Å²) in [5, 5.41) is 0.195. The number of aryl methyl sites for hydroxylation is 1. The van der Waals surface area contributed by atoms with Crippen LogP contribution in [-0.4, -0.2) is 26.5 Å². The summed E-state index contributed by atoms with van der Waals surface area (Å²) in [5.74, 6) is -1.08. The van der Waals surface area contributed by atoms with E-state index in [2.05, 4.69) is 33.9 Å². The number of unbranched alkanes of at least 4 members (excludes halogenated alkanes) is 1. The second-order valence-corrected chi connectivity index (χ2v) is 14.2. The predicted molar refractivity (Wildman–Crippen MR) is 108 cm³/mol. The maximum Gasteiger partial charge on any atom is 0.341 e. The average Bonchev–Trinajstić information content (AvgIpc) is 2.45. The van der Waals surface area contributed by atoms with Crippen molar-refractivity contribution in [2.24, 2.45) is 0 Å². The van der Waals surface area contributed by atoms with Crippen LogP contribution in [0.4, 0.5) is 4.39 Å². The fourth-order valence-corrected chi connectivity index (χ4v) is 3.31. The number of ether oxygens (including phenoxy) is 1. The SMILES string of the molecule is CC(C)(C)OC(=O)c1cccc(CCCCO[Si](C)(C)C(C)(C)C)c1F. The topological polar surface area (TPSA) is 35.5 Å². The largest absolute Gasteiger partial charge is 0.456 e. The number of carbonyl (C=O) groups is 1. The zero-order chi connectivity index (χ0) is 20.2. The van der Waals surface area contributed by atoms with Gasteiger partial charge in [-0.05, 0) is 69.8 Å². The van der Waals surface area contributed by atoms with Crippen molar-refractivity contribution in [2.45, 2.75) is 84.5 Å². The third-order valence-corrected chi connectivity index (χ3v) is 9.35. The fraction of sp³-hybridized carbons (Fsp3) is 0.667. The van der Waals surface area contributed by atoms with Crippen molar-refractivity contribution in [1.29, 1.82) is 0 Å². The minimum absolute atomic E-state index is 0.00921. The molecule has 0 saturated carbocycles. The van der Waals surface area contributed by atoms with Gasteiger partial charge in [0.25, 0.3) is 0 Å². The van der Waals surface area contributed by atoms with E-state index in [-0.39, 0.29) is 10.6 Å². The third-order valence-electron chi connectivity index (χ3n) is 4.81. The molecule has 3 nitrogen and oxygen atoms in total. The van der Waals surface area contributed by atoms with Gasteiger partial charge >= 0.3 is 5.97 Å². The molecule has 0 saturated heterocycles. The molecule has 0 bridgehead atoms. The standard InChI is InChI=1S/C21H35FO3Si/c1-20(2,3)25-19(23)17-14-11-13-16(18(17)22)12-9-10-15-24-26(7,8)21(4,5)6/h11,13-14H,9-10,12,15H2,1-8H3. The molecule has 0 heterocycles. The molecule has 5 heteroatoms. The second kappa shape index (κ2) is 8.66. The molecule has 0 aromatic heterocycles. The van der Waals surface area contributed by atoms with Gasteiger partial charge < -0.3 is 9.16 Å². The van der Waals surface area contributed by atoms with E-state index in [1.807, 2.05) is 0 Å². The molecule has 1 rings (SSSR count). The van der Waals surface area contributed by atoms with Crippen LogP contribution in [0, 0.1) is 5.82 Å².